The van der Waals surface area contributed by atoms with Crippen molar-refractivity contribution in [3.63, 3.8) is 0 Å². The molecule has 1 saturated heterocycles. The van der Waals surface area contributed by atoms with Crippen LogP contribution in [-0.2, 0) is 0 Å². The molecule has 0 saturated carbocycles. The van der Waals surface area contributed by atoms with Crippen molar-refractivity contribution in [2.75, 3.05) is 50.8 Å². The number of anilines is 1. The van der Waals surface area contributed by atoms with Crippen molar-refractivity contribution < 1.29 is 18.7 Å². The summed E-state index contributed by atoms with van der Waals surface area (Å²) in [5.41, 5.74) is 3.19. The van der Waals surface area contributed by atoms with Gasteiger partial charge in [-0.15, -0.1) is 0 Å². The van der Waals surface area contributed by atoms with Crippen LogP contribution in [0.25, 0.3) is 11.1 Å². The summed E-state index contributed by atoms with van der Waals surface area (Å²) in [6, 6.07) is 19.6. The van der Waals surface area contributed by atoms with Crippen LogP contribution in [0.5, 0.6) is 5.75 Å². The molecule has 0 unspecified atom stereocenters. The van der Waals surface area contributed by atoms with Gasteiger partial charge in [-0.05, 0) is 74.9 Å². The Bertz CT molecular complexity index is 1230. The Morgan fingerprint density at radius 2 is 1.54 bits per heavy atom. The van der Waals surface area contributed by atoms with Gasteiger partial charge in [0, 0.05) is 61.6 Å². The van der Waals surface area contributed by atoms with E-state index in [2.05, 4.69) is 4.90 Å². The maximum absolute atomic E-state index is 15.0. The molecule has 0 aliphatic carbocycles. The maximum Gasteiger partial charge on any atom is 0.254 e. The summed E-state index contributed by atoms with van der Waals surface area (Å²) in [7, 11) is 0. The number of ether oxygens (including phenoxy) is 1. The molecule has 0 N–H and O–H groups in total. The van der Waals surface area contributed by atoms with Crippen LogP contribution < -0.4 is 9.64 Å². The van der Waals surface area contributed by atoms with Crippen molar-refractivity contribution in [3.8, 4) is 16.9 Å². The van der Waals surface area contributed by atoms with Gasteiger partial charge < -0.3 is 19.4 Å². The number of piperazine rings is 1. The quantitative estimate of drug-likeness (QED) is 0.417. The number of nitrogens with zero attached hydrogens (tertiary/aromatic N) is 3. The summed E-state index contributed by atoms with van der Waals surface area (Å²) in [4.78, 5) is 31.4. The molecule has 7 heteroatoms. The minimum Gasteiger partial charge on any atom is -0.494 e. The van der Waals surface area contributed by atoms with Crippen molar-refractivity contribution >= 4 is 17.5 Å². The highest BCUT2D eigenvalue weighted by atomic mass is 19.1. The monoisotopic (exact) mass is 503 g/mol. The molecule has 3 aromatic rings. The van der Waals surface area contributed by atoms with Crippen LogP contribution in [0, 0.1) is 5.82 Å². The van der Waals surface area contributed by atoms with E-state index < -0.39 is 5.82 Å². The van der Waals surface area contributed by atoms with Gasteiger partial charge in [-0.2, -0.15) is 0 Å². The summed E-state index contributed by atoms with van der Waals surface area (Å²) in [6.07, 6.45) is 0. The number of carbonyl (C=O) groups is 2. The first-order valence-electron chi connectivity index (χ1n) is 12.9. The second-order valence-corrected chi connectivity index (χ2v) is 8.96. The normalized spacial score (nSPS) is 13.4. The van der Waals surface area contributed by atoms with Gasteiger partial charge in [0.15, 0.2) is 0 Å². The lowest BCUT2D eigenvalue weighted by molar-refractivity contribution is 0.0744. The van der Waals surface area contributed by atoms with Gasteiger partial charge in [-0.3, -0.25) is 9.59 Å². The van der Waals surface area contributed by atoms with Crippen LogP contribution in [0.3, 0.4) is 0 Å². The van der Waals surface area contributed by atoms with E-state index in [9.17, 15) is 9.59 Å². The Morgan fingerprint density at radius 3 is 2.16 bits per heavy atom. The summed E-state index contributed by atoms with van der Waals surface area (Å²) in [5.74, 6) is 0.112. The summed E-state index contributed by atoms with van der Waals surface area (Å²) in [5, 5.41) is 0. The van der Waals surface area contributed by atoms with E-state index in [4.69, 9.17) is 4.74 Å². The molecule has 0 aromatic heterocycles. The van der Waals surface area contributed by atoms with Crippen LogP contribution in [0.1, 0.15) is 41.5 Å². The Morgan fingerprint density at radius 1 is 0.865 bits per heavy atom. The molecule has 1 heterocycles. The third-order valence-electron chi connectivity index (χ3n) is 6.77. The lowest BCUT2D eigenvalue weighted by Gasteiger charge is -2.36. The summed E-state index contributed by atoms with van der Waals surface area (Å²) < 4.78 is 20.5. The average molecular weight is 504 g/mol. The first-order chi connectivity index (χ1) is 17.9. The van der Waals surface area contributed by atoms with E-state index in [1.807, 2.05) is 63.2 Å². The van der Waals surface area contributed by atoms with Crippen molar-refractivity contribution in [2.24, 2.45) is 0 Å². The van der Waals surface area contributed by atoms with E-state index >= 15 is 4.39 Å². The van der Waals surface area contributed by atoms with E-state index in [0.717, 1.165) is 5.69 Å². The van der Waals surface area contributed by atoms with Crippen LogP contribution in [0.2, 0.25) is 0 Å². The van der Waals surface area contributed by atoms with Crippen LogP contribution in [-0.4, -0.2) is 67.5 Å². The molecule has 1 aliphatic rings. The van der Waals surface area contributed by atoms with Crippen LogP contribution in [0.15, 0.2) is 66.7 Å². The SMILES string of the molecule is CCOc1cccc(-c2ccc(C(=O)N3CCN(c4ccc(C(=O)N(CC)CC)cc4)CC3)cc2F)c1. The number of amides is 2. The molecule has 0 atom stereocenters. The molecule has 0 spiro atoms. The molecule has 1 fully saturated rings. The fourth-order valence-electron chi connectivity index (χ4n) is 4.66. The fourth-order valence-corrected chi connectivity index (χ4v) is 4.66. The van der Waals surface area contributed by atoms with Crippen molar-refractivity contribution in [1.82, 2.24) is 9.80 Å². The highest BCUT2D eigenvalue weighted by Gasteiger charge is 2.23. The minimum absolute atomic E-state index is 0.0345. The molecule has 0 bridgehead atoms. The number of hydrogen-bond acceptors (Lipinski definition) is 4. The van der Waals surface area contributed by atoms with Crippen LogP contribution in [0.4, 0.5) is 10.1 Å². The molecule has 3 aromatic carbocycles. The minimum atomic E-state index is -0.433. The molecule has 2 amide bonds. The lowest BCUT2D eigenvalue weighted by Crippen LogP contribution is -2.48. The Kier molecular flexibility index (Phi) is 8.43. The van der Waals surface area contributed by atoms with Crippen LogP contribution >= 0.6 is 0 Å². The van der Waals surface area contributed by atoms with E-state index in [-0.39, 0.29) is 11.8 Å². The predicted octanol–water partition coefficient (Wildman–Crippen LogP) is 5.34. The van der Waals surface area contributed by atoms with Gasteiger partial charge in [0.05, 0.1) is 6.61 Å². The first kappa shape index (κ1) is 26.2. The highest BCUT2D eigenvalue weighted by Crippen LogP contribution is 2.28. The average Bonchev–Trinajstić information content (AvgIpc) is 2.94. The number of hydrogen-bond donors (Lipinski definition) is 0. The molecular formula is C30H34FN3O3. The smallest absolute Gasteiger partial charge is 0.254 e. The number of rotatable bonds is 8. The first-order valence-corrected chi connectivity index (χ1v) is 12.9. The van der Waals surface area contributed by atoms with Crippen molar-refractivity contribution in [2.45, 2.75) is 20.8 Å². The van der Waals surface area contributed by atoms with E-state index in [1.165, 1.54) is 6.07 Å². The second-order valence-electron chi connectivity index (χ2n) is 8.96. The zero-order chi connectivity index (χ0) is 26.4. The molecule has 6 nitrogen and oxygen atoms in total. The Balaban J connectivity index is 1.38. The second kappa shape index (κ2) is 11.9. The zero-order valence-electron chi connectivity index (χ0n) is 21.7. The van der Waals surface area contributed by atoms with Gasteiger partial charge in [0.25, 0.3) is 11.8 Å². The van der Waals surface area contributed by atoms with Crippen molar-refractivity contribution in [1.29, 1.82) is 0 Å². The van der Waals surface area contributed by atoms with E-state index in [0.29, 0.717) is 73.9 Å². The zero-order valence-corrected chi connectivity index (χ0v) is 21.7. The van der Waals surface area contributed by atoms with E-state index in [1.54, 1.807) is 28.0 Å². The molecule has 1 aliphatic heterocycles. The number of benzene rings is 3. The third-order valence-corrected chi connectivity index (χ3v) is 6.77. The predicted molar refractivity (Wildman–Crippen MR) is 145 cm³/mol. The third kappa shape index (κ3) is 5.93. The molecule has 4 rings (SSSR count). The van der Waals surface area contributed by atoms with Gasteiger partial charge in [-0.1, -0.05) is 18.2 Å². The standard InChI is InChI=1S/C30H34FN3O3/c1-4-32(5-2)29(35)22-10-13-25(14-11-22)33-16-18-34(19-17-33)30(36)24-12-15-27(28(31)21-24)23-8-7-9-26(20-23)37-6-3/h7-15,20-21H,4-6,16-19H2,1-3H3. The molecule has 37 heavy (non-hydrogen) atoms. The fraction of sp³-hybridized carbons (Fsp3) is 0.333. The molecule has 194 valence electrons. The lowest BCUT2D eigenvalue weighted by atomic mass is 10.0. The summed E-state index contributed by atoms with van der Waals surface area (Å²) in [6.45, 7) is 10.2. The Hall–Kier alpha value is -3.87. The van der Waals surface area contributed by atoms with Gasteiger partial charge in [0.2, 0.25) is 0 Å². The highest BCUT2D eigenvalue weighted by molar-refractivity contribution is 5.95. The van der Waals surface area contributed by atoms with Gasteiger partial charge in [-0.25, -0.2) is 4.39 Å². The topological polar surface area (TPSA) is 53.1 Å². The van der Waals surface area contributed by atoms with Crippen molar-refractivity contribution in [3.05, 3.63) is 83.7 Å². The summed E-state index contributed by atoms with van der Waals surface area (Å²) >= 11 is 0. The molecular weight excluding hydrogens is 469 g/mol. The maximum atomic E-state index is 15.0. The number of halogens is 1. The Labute approximate surface area is 218 Å². The van der Waals surface area contributed by atoms with Gasteiger partial charge >= 0.3 is 0 Å². The number of carbonyl (C=O) groups excluding carboxylic acids is 2. The van der Waals surface area contributed by atoms with Gasteiger partial charge in [0.1, 0.15) is 11.6 Å². The largest absolute Gasteiger partial charge is 0.494 e. The molecule has 0 radical (unpaired) electrons.